The van der Waals surface area contributed by atoms with Crippen molar-refractivity contribution in [3.63, 3.8) is 0 Å². The number of piperidine rings is 1. The van der Waals surface area contributed by atoms with Crippen LogP contribution in [0.25, 0.3) is 0 Å². The summed E-state index contributed by atoms with van der Waals surface area (Å²) in [5.74, 6) is 0.494. The van der Waals surface area contributed by atoms with Crippen molar-refractivity contribution in [2.75, 3.05) is 25.1 Å². The molecular weight excluding hydrogens is 282 g/mol. The second-order valence-corrected chi connectivity index (χ2v) is 7.62. The molecule has 0 aromatic carbocycles. The maximum atomic E-state index is 5.54. The highest BCUT2D eigenvalue weighted by molar-refractivity contribution is 7.15. The van der Waals surface area contributed by atoms with Crippen molar-refractivity contribution in [3.05, 3.63) is 10.6 Å². The molecule has 0 spiro atoms. The molecule has 1 saturated heterocycles. The van der Waals surface area contributed by atoms with Gasteiger partial charge in [-0.05, 0) is 31.6 Å². The maximum absolute atomic E-state index is 5.54. The van der Waals surface area contributed by atoms with Crippen LogP contribution in [0.2, 0.25) is 0 Å². The van der Waals surface area contributed by atoms with E-state index >= 15 is 0 Å². The Bertz CT molecular complexity index is 470. The van der Waals surface area contributed by atoms with Crippen LogP contribution in [0.3, 0.4) is 0 Å². The van der Waals surface area contributed by atoms with Crippen molar-refractivity contribution in [2.45, 2.75) is 64.1 Å². The lowest BCUT2D eigenvalue weighted by Crippen LogP contribution is -2.39. The quantitative estimate of drug-likeness (QED) is 0.876. The molecule has 5 heteroatoms. The number of hydrogen-bond donors (Lipinski definition) is 1. The van der Waals surface area contributed by atoms with Crippen molar-refractivity contribution in [1.82, 2.24) is 10.3 Å². The Morgan fingerprint density at radius 3 is 2.86 bits per heavy atom. The van der Waals surface area contributed by atoms with Crippen LogP contribution in [-0.2, 0) is 11.3 Å². The summed E-state index contributed by atoms with van der Waals surface area (Å²) in [6.45, 7) is 7.57. The summed E-state index contributed by atoms with van der Waals surface area (Å²) in [6, 6.07) is 0.753. The summed E-state index contributed by atoms with van der Waals surface area (Å²) in [4.78, 5) is 8.78. The molecular formula is C16H27N3OS. The Kier molecular flexibility index (Phi) is 4.82. The lowest BCUT2D eigenvalue weighted by atomic mass is 10.1. The van der Waals surface area contributed by atoms with Crippen LogP contribution in [0.4, 0.5) is 5.13 Å². The largest absolute Gasteiger partial charge is 0.380 e. The van der Waals surface area contributed by atoms with Gasteiger partial charge in [-0.15, -0.1) is 11.3 Å². The van der Waals surface area contributed by atoms with Crippen molar-refractivity contribution in [2.24, 2.45) is 0 Å². The van der Waals surface area contributed by atoms with Crippen LogP contribution in [-0.4, -0.2) is 37.3 Å². The van der Waals surface area contributed by atoms with Crippen LogP contribution in [0.15, 0.2) is 0 Å². The Hall–Kier alpha value is -0.650. The topological polar surface area (TPSA) is 37.4 Å². The fraction of sp³-hybridized carbons (Fsp3) is 0.812. The predicted octanol–water partition coefficient (Wildman–Crippen LogP) is 3.13. The fourth-order valence-corrected chi connectivity index (χ4v) is 4.09. The highest BCUT2D eigenvalue weighted by atomic mass is 32.1. The highest BCUT2D eigenvalue weighted by Gasteiger charge is 2.25. The van der Waals surface area contributed by atoms with Gasteiger partial charge in [0.1, 0.15) is 0 Å². The number of anilines is 1. The first kappa shape index (κ1) is 15.3. The Balaban J connectivity index is 1.73. The number of methoxy groups -OCH3 is 1. The zero-order chi connectivity index (χ0) is 14.8. The molecule has 1 atom stereocenters. The number of rotatable bonds is 6. The van der Waals surface area contributed by atoms with E-state index in [0.29, 0.717) is 12.0 Å². The van der Waals surface area contributed by atoms with E-state index in [-0.39, 0.29) is 0 Å². The molecule has 1 aliphatic heterocycles. The number of ether oxygens (including phenoxy) is 1. The van der Waals surface area contributed by atoms with Crippen LogP contribution in [0, 0.1) is 0 Å². The van der Waals surface area contributed by atoms with Crippen molar-refractivity contribution in [3.8, 4) is 0 Å². The van der Waals surface area contributed by atoms with E-state index in [1.165, 1.54) is 41.4 Å². The molecule has 1 aliphatic carbocycles. The number of nitrogens with zero attached hydrogens (tertiary/aromatic N) is 2. The van der Waals surface area contributed by atoms with Gasteiger partial charge >= 0.3 is 0 Å². The standard InChI is InChI=1S/C16H27N3OS/c1-11(2)15-14(9-17-12-6-7-12)21-16(18-15)19-8-4-5-13(10-19)20-3/h11-13,17H,4-10H2,1-3H3. The van der Waals surface area contributed by atoms with Gasteiger partial charge in [0.2, 0.25) is 0 Å². The van der Waals surface area contributed by atoms with Crippen molar-refractivity contribution >= 4 is 16.5 Å². The Morgan fingerprint density at radius 2 is 2.19 bits per heavy atom. The van der Waals surface area contributed by atoms with E-state index < -0.39 is 0 Å². The van der Waals surface area contributed by atoms with Gasteiger partial charge in [0.15, 0.2) is 5.13 Å². The van der Waals surface area contributed by atoms with E-state index in [4.69, 9.17) is 9.72 Å². The molecule has 0 bridgehead atoms. The lowest BCUT2D eigenvalue weighted by Gasteiger charge is -2.31. The Morgan fingerprint density at radius 1 is 1.38 bits per heavy atom. The third-order valence-electron chi connectivity index (χ3n) is 4.37. The van der Waals surface area contributed by atoms with Crippen LogP contribution in [0.5, 0.6) is 0 Å². The van der Waals surface area contributed by atoms with Crippen LogP contribution in [0.1, 0.15) is 56.0 Å². The molecule has 2 aliphatic rings. The first-order chi connectivity index (χ1) is 10.2. The summed E-state index contributed by atoms with van der Waals surface area (Å²) in [5, 5.41) is 4.82. The third-order valence-corrected chi connectivity index (χ3v) is 5.51. The van der Waals surface area contributed by atoms with Crippen molar-refractivity contribution < 1.29 is 4.74 Å². The van der Waals surface area contributed by atoms with Crippen molar-refractivity contribution in [1.29, 1.82) is 0 Å². The van der Waals surface area contributed by atoms with E-state index in [0.717, 1.165) is 25.7 Å². The Labute approximate surface area is 131 Å². The van der Waals surface area contributed by atoms with Gasteiger partial charge in [-0.3, -0.25) is 0 Å². The molecule has 1 unspecified atom stereocenters. The lowest BCUT2D eigenvalue weighted by molar-refractivity contribution is 0.0893. The molecule has 1 aromatic rings. The minimum Gasteiger partial charge on any atom is -0.380 e. The average molecular weight is 309 g/mol. The third kappa shape index (κ3) is 3.76. The van der Waals surface area contributed by atoms with Gasteiger partial charge in [0.05, 0.1) is 11.8 Å². The van der Waals surface area contributed by atoms with E-state index in [1.807, 2.05) is 18.4 Å². The molecule has 0 amide bonds. The first-order valence-electron chi connectivity index (χ1n) is 8.18. The maximum Gasteiger partial charge on any atom is 0.185 e. The normalized spacial score (nSPS) is 23.0. The van der Waals surface area contributed by atoms with Crippen LogP contribution >= 0.6 is 11.3 Å². The number of nitrogens with one attached hydrogen (secondary N) is 1. The molecule has 2 heterocycles. The summed E-state index contributed by atoms with van der Waals surface area (Å²) >= 11 is 1.87. The molecule has 3 rings (SSSR count). The zero-order valence-electron chi connectivity index (χ0n) is 13.4. The SMILES string of the molecule is COC1CCCN(c2nc(C(C)C)c(CNC3CC3)s2)C1. The van der Waals surface area contributed by atoms with Crippen LogP contribution < -0.4 is 10.2 Å². The second-order valence-electron chi connectivity index (χ2n) is 6.56. The molecule has 118 valence electrons. The number of aromatic nitrogens is 1. The molecule has 2 fully saturated rings. The molecule has 1 N–H and O–H groups in total. The van der Waals surface area contributed by atoms with Gasteiger partial charge in [-0.2, -0.15) is 0 Å². The zero-order valence-corrected chi connectivity index (χ0v) is 14.2. The molecule has 0 radical (unpaired) electrons. The highest BCUT2D eigenvalue weighted by Crippen LogP contribution is 2.33. The minimum absolute atomic E-state index is 0.359. The van der Waals surface area contributed by atoms with Gasteiger partial charge < -0.3 is 15.0 Å². The summed E-state index contributed by atoms with van der Waals surface area (Å²) in [5.41, 5.74) is 1.28. The van der Waals surface area contributed by atoms with E-state index in [1.54, 1.807) is 0 Å². The monoisotopic (exact) mass is 309 g/mol. The average Bonchev–Trinajstić information content (AvgIpc) is 3.22. The van der Waals surface area contributed by atoms with Gasteiger partial charge in [-0.1, -0.05) is 13.8 Å². The van der Waals surface area contributed by atoms with Gasteiger partial charge in [0.25, 0.3) is 0 Å². The second kappa shape index (κ2) is 6.63. The molecule has 21 heavy (non-hydrogen) atoms. The first-order valence-corrected chi connectivity index (χ1v) is 8.99. The fourth-order valence-electron chi connectivity index (χ4n) is 2.89. The molecule has 1 aromatic heterocycles. The van der Waals surface area contributed by atoms with Gasteiger partial charge in [0, 0.05) is 37.7 Å². The van der Waals surface area contributed by atoms with E-state index in [2.05, 4.69) is 24.1 Å². The minimum atomic E-state index is 0.359. The predicted molar refractivity (Wildman–Crippen MR) is 88.3 cm³/mol. The van der Waals surface area contributed by atoms with E-state index in [9.17, 15) is 0 Å². The number of thiazole rings is 1. The van der Waals surface area contributed by atoms with Gasteiger partial charge in [-0.25, -0.2) is 4.98 Å². The number of hydrogen-bond acceptors (Lipinski definition) is 5. The molecule has 4 nitrogen and oxygen atoms in total. The summed E-state index contributed by atoms with van der Waals surface area (Å²) < 4.78 is 5.54. The molecule has 1 saturated carbocycles. The summed E-state index contributed by atoms with van der Waals surface area (Å²) in [7, 11) is 1.82. The smallest absolute Gasteiger partial charge is 0.185 e. The summed E-state index contributed by atoms with van der Waals surface area (Å²) in [6.07, 6.45) is 5.41.